The van der Waals surface area contributed by atoms with Gasteiger partial charge in [-0.05, 0) is 19.8 Å². The molecule has 0 radical (unpaired) electrons. The largest absolute Gasteiger partial charge is 0.380 e. The normalized spacial score (nSPS) is 23.8. The van der Waals surface area contributed by atoms with Crippen LogP contribution in [0.5, 0.6) is 0 Å². The Bertz CT molecular complexity index is 451. The lowest BCUT2D eigenvalue weighted by atomic mass is 10.2. The number of aromatic nitrogens is 2. The average molecular weight is 220 g/mol. The Labute approximate surface area is 94.4 Å². The van der Waals surface area contributed by atoms with Crippen molar-refractivity contribution in [2.75, 3.05) is 18.4 Å². The molecule has 0 aromatic carbocycles. The minimum atomic E-state index is 0.130. The molecule has 0 spiro atoms. The van der Waals surface area contributed by atoms with Crippen LogP contribution in [0.1, 0.15) is 29.0 Å². The Hall–Kier alpha value is -1.52. The van der Waals surface area contributed by atoms with E-state index in [1.54, 1.807) is 4.68 Å². The molecule has 1 aromatic heterocycles. The summed E-state index contributed by atoms with van der Waals surface area (Å²) in [5, 5.41) is 7.68. The van der Waals surface area contributed by atoms with Gasteiger partial charge in [-0.3, -0.25) is 9.48 Å². The number of carbonyl (C=O) groups excluding carboxylic acids is 1. The van der Waals surface area contributed by atoms with Crippen molar-refractivity contribution in [2.45, 2.75) is 25.8 Å². The van der Waals surface area contributed by atoms with Gasteiger partial charge in [-0.2, -0.15) is 5.10 Å². The Morgan fingerprint density at radius 2 is 2.31 bits per heavy atom. The second-order valence-electron chi connectivity index (χ2n) is 4.61. The summed E-state index contributed by atoms with van der Waals surface area (Å²) in [6.45, 7) is 3.68. The number of nitrogens with zero attached hydrogens (tertiary/aromatic N) is 3. The Morgan fingerprint density at radius 3 is 3.12 bits per heavy atom. The molecular weight excluding hydrogens is 204 g/mol. The quantitative estimate of drug-likeness (QED) is 0.702. The van der Waals surface area contributed by atoms with Gasteiger partial charge in [0.05, 0.1) is 11.4 Å². The van der Waals surface area contributed by atoms with E-state index < -0.39 is 0 Å². The zero-order valence-corrected chi connectivity index (χ0v) is 9.66. The summed E-state index contributed by atoms with van der Waals surface area (Å²) in [5.74, 6) is 0.130. The molecule has 3 heterocycles. The first-order chi connectivity index (χ1) is 7.68. The summed E-state index contributed by atoms with van der Waals surface area (Å²) in [6.07, 6.45) is 2.23. The van der Waals surface area contributed by atoms with E-state index in [0.717, 1.165) is 37.3 Å². The lowest BCUT2D eigenvalue weighted by Gasteiger charge is -2.21. The number of aryl methyl sites for hydroxylation is 2. The highest BCUT2D eigenvalue weighted by Crippen LogP contribution is 2.29. The predicted molar refractivity (Wildman–Crippen MR) is 60.5 cm³/mol. The van der Waals surface area contributed by atoms with E-state index in [2.05, 4.69) is 10.4 Å². The van der Waals surface area contributed by atoms with Gasteiger partial charge in [0, 0.05) is 26.2 Å². The van der Waals surface area contributed by atoms with E-state index in [0.29, 0.717) is 11.7 Å². The van der Waals surface area contributed by atoms with Crippen LogP contribution in [-0.2, 0) is 7.05 Å². The van der Waals surface area contributed by atoms with E-state index in [4.69, 9.17) is 0 Å². The first-order valence-electron chi connectivity index (χ1n) is 5.77. The molecule has 1 N–H and O–H groups in total. The van der Waals surface area contributed by atoms with E-state index in [9.17, 15) is 4.79 Å². The molecule has 1 saturated heterocycles. The highest BCUT2D eigenvalue weighted by molar-refractivity contribution is 5.99. The van der Waals surface area contributed by atoms with Crippen LogP contribution in [0.4, 0.5) is 5.69 Å². The first kappa shape index (κ1) is 9.69. The molecule has 1 fully saturated rings. The zero-order valence-electron chi connectivity index (χ0n) is 9.66. The van der Waals surface area contributed by atoms with Gasteiger partial charge in [0.2, 0.25) is 0 Å². The fraction of sp³-hybridized carbons (Fsp3) is 0.636. The van der Waals surface area contributed by atoms with Crippen molar-refractivity contribution < 1.29 is 4.79 Å². The summed E-state index contributed by atoms with van der Waals surface area (Å²) >= 11 is 0. The molecule has 0 bridgehead atoms. The molecule has 16 heavy (non-hydrogen) atoms. The van der Waals surface area contributed by atoms with Gasteiger partial charge >= 0.3 is 0 Å². The number of hydrogen-bond acceptors (Lipinski definition) is 3. The van der Waals surface area contributed by atoms with Crippen molar-refractivity contribution in [3.05, 3.63) is 11.4 Å². The summed E-state index contributed by atoms with van der Waals surface area (Å²) < 4.78 is 1.70. The molecule has 1 amide bonds. The third kappa shape index (κ3) is 1.17. The average Bonchev–Trinajstić information content (AvgIpc) is 2.76. The maximum absolute atomic E-state index is 12.4. The number of nitrogens with one attached hydrogen (secondary N) is 1. The second kappa shape index (κ2) is 3.23. The number of fused-ring (bicyclic) bond motifs is 2. The Balaban J connectivity index is 2.10. The van der Waals surface area contributed by atoms with Gasteiger partial charge in [-0.25, -0.2) is 0 Å². The molecule has 5 heteroatoms. The molecule has 86 valence electrons. The van der Waals surface area contributed by atoms with Gasteiger partial charge in [0.15, 0.2) is 0 Å². The maximum atomic E-state index is 12.4. The van der Waals surface area contributed by atoms with Crippen molar-refractivity contribution in [2.24, 2.45) is 7.05 Å². The number of amides is 1. The number of anilines is 1. The van der Waals surface area contributed by atoms with Gasteiger partial charge in [0.1, 0.15) is 5.69 Å². The first-order valence-corrected chi connectivity index (χ1v) is 5.77. The van der Waals surface area contributed by atoms with E-state index in [1.807, 2.05) is 18.9 Å². The second-order valence-corrected chi connectivity index (χ2v) is 4.61. The van der Waals surface area contributed by atoms with Crippen molar-refractivity contribution in [3.8, 4) is 0 Å². The van der Waals surface area contributed by atoms with Gasteiger partial charge in [-0.15, -0.1) is 0 Å². The Morgan fingerprint density at radius 1 is 1.50 bits per heavy atom. The maximum Gasteiger partial charge on any atom is 0.274 e. The van der Waals surface area contributed by atoms with Crippen LogP contribution in [0.15, 0.2) is 0 Å². The highest BCUT2D eigenvalue weighted by Gasteiger charge is 2.35. The highest BCUT2D eigenvalue weighted by atomic mass is 16.2. The van der Waals surface area contributed by atoms with Crippen molar-refractivity contribution in [1.29, 1.82) is 0 Å². The topological polar surface area (TPSA) is 50.2 Å². The molecule has 3 rings (SSSR count). The van der Waals surface area contributed by atoms with E-state index in [1.165, 1.54) is 0 Å². The lowest BCUT2D eigenvalue weighted by molar-refractivity contribution is 0.0739. The van der Waals surface area contributed by atoms with E-state index in [-0.39, 0.29) is 5.91 Å². The number of carbonyl (C=O) groups is 1. The third-order valence-electron chi connectivity index (χ3n) is 3.58. The molecular formula is C11H16N4O. The molecule has 0 aliphatic carbocycles. The summed E-state index contributed by atoms with van der Waals surface area (Å²) in [5.41, 5.74) is 2.54. The van der Waals surface area contributed by atoms with E-state index >= 15 is 0 Å². The molecule has 5 nitrogen and oxygen atoms in total. The monoisotopic (exact) mass is 220 g/mol. The van der Waals surface area contributed by atoms with Crippen LogP contribution in [-0.4, -0.2) is 39.7 Å². The van der Waals surface area contributed by atoms with Gasteiger partial charge in [0.25, 0.3) is 5.91 Å². The van der Waals surface area contributed by atoms with Crippen LogP contribution >= 0.6 is 0 Å². The molecule has 0 unspecified atom stereocenters. The summed E-state index contributed by atoms with van der Waals surface area (Å²) in [7, 11) is 1.84. The molecule has 2 aliphatic heterocycles. The standard InChI is InChI=1S/C11H16N4O/c1-7-9-10(14(2)13-7)11(16)15-5-3-4-8(15)6-12-9/h8,12H,3-6H2,1-2H3/t8-/m0/s1. The predicted octanol–water partition coefficient (Wildman–Crippen LogP) is 0.759. The molecule has 0 saturated carbocycles. The minimum Gasteiger partial charge on any atom is -0.380 e. The minimum absolute atomic E-state index is 0.130. The number of hydrogen-bond donors (Lipinski definition) is 1. The fourth-order valence-corrected chi connectivity index (χ4v) is 2.79. The van der Waals surface area contributed by atoms with Crippen LogP contribution in [0.3, 0.4) is 0 Å². The van der Waals surface area contributed by atoms with Gasteiger partial charge in [-0.1, -0.05) is 0 Å². The lowest BCUT2D eigenvalue weighted by Crippen LogP contribution is -2.37. The molecule has 1 aromatic rings. The third-order valence-corrected chi connectivity index (χ3v) is 3.58. The number of rotatable bonds is 0. The van der Waals surface area contributed by atoms with Crippen LogP contribution in [0.25, 0.3) is 0 Å². The van der Waals surface area contributed by atoms with Crippen LogP contribution in [0.2, 0.25) is 0 Å². The molecule has 2 aliphatic rings. The smallest absolute Gasteiger partial charge is 0.274 e. The Kier molecular flexibility index (Phi) is 1.96. The van der Waals surface area contributed by atoms with Crippen molar-refractivity contribution in [3.63, 3.8) is 0 Å². The zero-order chi connectivity index (χ0) is 11.3. The SMILES string of the molecule is Cc1nn(C)c2c1NC[C@@H]1CCCN1C2=O. The van der Waals surface area contributed by atoms with Crippen LogP contribution in [0, 0.1) is 6.92 Å². The summed E-state index contributed by atoms with van der Waals surface area (Å²) in [6, 6.07) is 0.360. The van der Waals surface area contributed by atoms with Gasteiger partial charge < -0.3 is 10.2 Å². The van der Waals surface area contributed by atoms with Crippen molar-refractivity contribution >= 4 is 11.6 Å². The fourth-order valence-electron chi connectivity index (χ4n) is 2.79. The summed E-state index contributed by atoms with van der Waals surface area (Å²) in [4.78, 5) is 14.4. The molecule has 1 atom stereocenters. The van der Waals surface area contributed by atoms with Crippen LogP contribution < -0.4 is 5.32 Å². The van der Waals surface area contributed by atoms with Crippen molar-refractivity contribution in [1.82, 2.24) is 14.7 Å².